The summed E-state index contributed by atoms with van der Waals surface area (Å²) in [6.45, 7) is 6.15. The summed E-state index contributed by atoms with van der Waals surface area (Å²) < 4.78 is 11.2. The maximum Gasteiger partial charge on any atom is 0.251 e. The molecule has 0 radical (unpaired) electrons. The van der Waals surface area contributed by atoms with Gasteiger partial charge in [-0.05, 0) is 73.1 Å². The number of fused-ring (bicyclic) bond motifs is 2. The number of hydrogen-bond acceptors (Lipinski definition) is 5. The Bertz CT molecular complexity index is 1330. The Morgan fingerprint density at radius 1 is 1.14 bits per heavy atom. The number of nitrogens with zero attached hydrogens (tertiary/aromatic N) is 2. The van der Waals surface area contributed by atoms with Gasteiger partial charge < -0.3 is 14.8 Å². The topological polar surface area (TPSA) is 79.5 Å². The maximum atomic E-state index is 12.5. The second-order valence-electron chi connectivity index (χ2n) is 9.04. The predicted molar refractivity (Wildman–Crippen MR) is 139 cm³/mol. The van der Waals surface area contributed by atoms with E-state index in [0.717, 1.165) is 51.8 Å². The van der Waals surface area contributed by atoms with Crippen LogP contribution >= 0.6 is 0 Å². The number of aromatic amines is 1. The minimum absolute atomic E-state index is 0.123. The van der Waals surface area contributed by atoms with Gasteiger partial charge in [0.25, 0.3) is 5.91 Å². The van der Waals surface area contributed by atoms with Crippen LogP contribution in [0.25, 0.3) is 32.9 Å². The normalized spacial score (nSPS) is 16.2. The van der Waals surface area contributed by atoms with E-state index in [1.807, 2.05) is 18.2 Å². The molecule has 0 spiro atoms. The van der Waals surface area contributed by atoms with Crippen LogP contribution in [-0.4, -0.2) is 67.0 Å². The monoisotopic (exact) mass is 472 g/mol. The number of nitrogens with one attached hydrogen (secondary N) is 2. The predicted octanol–water partition coefficient (Wildman–Crippen LogP) is 4.62. The largest absolute Gasteiger partial charge is 0.492 e. The van der Waals surface area contributed by atoms with E-state index >= 15 is 0 Å². The summed E-state index contributed by atoms with van der Waals surface area (Å²) in [6.07, 6.45) is 2.46. The highest BCUT2D eigenvalue weighted by atomic mass is 16.5. The Kier molecular flexibility index (Phi) is 6.97. The van der Waals surface area contributed by atoms with Crippen molar-refractivity contribution in [3.63, 3.8) is 0 Å². The lowest BCUT2D eigenvalue weighted by molar-refractivity contribution is 0.0937. The van der Waals surface area contributed by atoms with Gasteiger partial charge in [-0.25, -0.2) is 0 Å². The smallest absolute Gasteiger partial charge is 0.251 e. The summed E-state index contributed by atoms with van der Waals surface area (Å²) in [5.74, 6) is 0.782. The standard InChI is InChI=1S/C28H32N4O3/c1-3-32-13-4-5-23(32)18-35-24-10-8-19-15-21(7-6-20(19)16-24)27-25-17-22(9-11-26(25)30-31-27)28(33)29-12-14-34-2/h6-11,15-17,23H,3-5,12-14,18H2,1-2H3,(H,29,33)(H,30,31). The number of ether oxygens (including phenoxy) is 2. The van der Waals surface area contributed by atoms with Gasteiger partial charge in [0, 0.05) is 36.2 Å². The molecule has 1 aromatic heterocycles. The molecule has 3 aromatic carbocycles. The molecule has 1 aliphatic heterocycles. The highest BCUT2D eigenvalue weighted by molar-refractivity contribution is 6.02. The summed E-state index contributed by atoms with van der Waals surface area (Å²) >= 11 is 0. The lowest BCUT2D eigenvalue weighted by Gasteiger charge is -2.22. The molecular weight excluding hydrogens is 440 g/mol. The minimum Gasteiger partial charge on any atom is -0.492 e. The third kappa shape index (κ3) is 5.01. The molecule has 2 N–H and O–H groups in total. The SMILES string of the molecule is CCN1CCCC1COc1ccc2cc(-c3n[nH]c4ccc(C(=O)NCCOC)cc34)ccc2c1. The van der Waals surface area contributed by atoms with E-state index in [-0.39, 0.29) is 5.91 Å². The van der Waals surface area contributed by atoms with Crippen LogP contribution in [0.1, 0.15) is 30.1 Å². The van der Waals surface area contributed by atoms with Crippen molar-refractivity contribution in [2.45, 2.75) is 25.8 Å². The number of carbonyl (C=O) groups excluding carboxylic acids is 1. The Morgan fingerprint density at radius 2 is 2.00 bits per heavy atom. The molecule has 4 aromatic rings. The van der Waals surface area contributed by atoms with Gasteiger partial charge in [0.15, 0.2) is 0 Å². The van der Waals surface area contributed by atoms with E-state index in [0.29, 0.717) is 24.8 Å². The van der Waals surface area contributed by atoms with Gasteiger partial charge in [-0.1, -0.05) is 25.1 Å². The summed E-state index contributed by atoms with van der Waals surface area (Å²) in [5, 5.41) is 13.7. The van der Waals surface area contributed by atoms with Crippen LogP contribution in [0.2, 0.25) is 0 Å². The molecule has 0 bridgehead atoms. The summed E-state index contributed by atoms with van der Waals surface area (Å²) in [5.41, 5.74) is 3.32. The molecule has 182 valence electrons. The number of H-pyrrole nitrogens is 1. The van der Waals surface area contributed by atoms with Gasteiger partial charge in [-0.3, -0.25) is 14.8 Å². The number of hydrogen-bond donors (Lipinski definition) is 2. The zero-order chi connectivity index (χ0) is 24.2. The molecule has 7 heteroatoms. The van der Waals surface area contributed by atoms with Crippen LogP contribution in [0.5, 0.6) is 5.75 Å². The lowest BCUT2D eigenvalue weighted by Crippen LogP contribution is -2.33. The molecule has 1 fully saturated rings. The second kappa shape index (κ2) is 10.5. The molecule has 1 aliphatic rings. The van der Waals surface area contributed by atoms with Crippen molar-refractivity contribution in [1.82, 2.24) is 20.4 Å². The first-order valence-electron chi connectivity index (χ1n) is 12.3. The van der Waals surface area contributed by atoms with Crippen LogP contribution in [-0.2, 0) is 4.74 Å². The number of carbonyl (C=O) groups is 1. The van der Waals surface area contributed by atoms with Crippen LogP contribution in [0.4, 0.5) is 0 Å². The first-order chi connectivity index (χ1) is 17.2. The van der Waals surface area contributed by atoms with Crippen molar-refractivity contribution in [1.29, 1.82) is 0 Å². The third-order valence-electron chi connectivity index (χ3n) is 6.85. The molecule has 7 nitrogen and oxygen atoms in total. The van der Waals surface area contributed by atoms with E-state index in [2.05, 4.69) is 57.7 Å². The number of aromatic nitrogens is 2. The fourth-order valence-corrected chi connectivity index (χ4v) is 4.90. The number of benzene rings is 3. The molecule has 5 rings (SSSR count). The van der Waals surface area contributed by atoms with Gasteiger partial charge in [-0.2, -0.15) is 5.10 Å². The van der Waals surface area contributed by atoms with Crippen LogP contribution in [0.15, 0.2) is 54.6 Å². The third-order valence-corrected chi connectivity index (χ3v) is 6.85. The van der Waals surface area contributed by atoms with Gasteiger partial charge in [0.1, 0.15) is 12.4 Å². The van der Waals surface area contributed by atoms with Gasteiger partial charge in [0.05, 0.1) is 17.8 Å². The second-order valence-corrected chi connectivity index (χ2v) is 9.04. The molecule has 1 amide bonds. The van der Waals surface area contributed by atoms with E-state index in [9.17, 15) is 4.79 Å². The molecule has 0 aliphatic carbocycles. The van der Waals surface area contributed by atoms with Crippen molar-refractivity contribution < 1.29 is 14.3 Å². The average Bonchev–Trinajstić information content (AvgIpc) is 3.53. The number of amides is 1. The fourth-order valence-electron chi connectivity index (χ4n) is 4.90. The molecule has 35 heavy (non-hydrogen) atoms. The van der Waals surface area contributed by atoms with E-state index in [1.54, 1.807) is 13.2 Å². The molecule has 1 atom stereocenters. The van der Waals surface area contributed by atoms with Crippen molar-refractivity contribution in [3.05, 3.63) is 60.2 Å². The lowest BCUT2D eigenvalue weighted by atomic mass is 10.0. The van der Waals surface area contributed by atoms with E-state index < -0.39 is 0 Å². The van der Waals surface area contributed by atoms with Crippen LogP contribution in [0, 0.1) is 0 Å². The van der Waals surface area contributed by atoms with Crippen molar-refractivity contribution >= 4 is 27.6 Å². The Morgan fingerprint density at radius 3 is 2.86 bits per heavy atom. The highest BCUT2D eigenvalue weighted by Gasteiger charge is 2.23. The van der Waals surface area contributed by atoms with Crippen molar-refractivity contribution in [3.8, 4) is 17.0 Å². The van der Waals surface area contributed by atoms with Crippen LogP contribution in [0.3, 0.4) is 0 Å². The van der Waals surface area contributed by atoms with Crippen LogP contribution < -0.4 is 10.1 Å². The van der Waals surface area contributed by atoms with E-state index in [4.69, 9.17) is 9.47 Å². The zero-order valence-electron chi connectivity index (χ0n) is 20.3. The van der Waals surface area contributed by atoms with Gasteiger partial charge in [-0.15, -0.1) is 0 Å². The first kappa shape index (κ1) is 23.3. The number of likely N-dealkylation sites (tertiary alicyclic amines) is 1. The first-order valence-corrected chi connectivity index (χ1v) is 12.3. The summed E-state index contributed by atoms with van der Waals surface area (Å²) in [6, 6.07) is 18.7. The average molecular weight is 473 g/mol. The van der Waals surface area contributed by atoms with Crippen molar-refractivity contribution in [2.24, 2.45) is 0 Å². The van der Waals surface area contributed by atoms with Gasteiger partial charge in [0.2, 0.25) is 0 Å². The number of likely N-dealkylation sites (N-methyl/N-ethyl adjacent to an activating group) is 1. The van der Waals surface area contributed by atoms with E-state index in [1.165, 1.54) is 19.4 Å². The zero-order valence-corrected chi connectivity index (χ0v) is 20.3. The fraction of sp³-hybridized carbons (Fsp3) is 0.357. The highest BCUT2D eigenvalue weighted by Crippen LogP contribution is 2.31. The molecule has 2 heterocycles. The number of methoxy groups -OCH3 is 1. The molecule has 0 saturated carbocycles. The molecule has 1 saturated heterocycles. The Labute approximate surface area is 205 Å². The van der Waals surface area contributed by atoms with Crippen molar-refractivity contribution in [2.75, 3.05) is 40.0 Å². The Balaban J connectivity index is 1.35. The maximum absolute atomic E-state index is 12.5. The summed E-state index contributed by atoms with van der Waals surface area (Å²) in [7, 11) is 1.61. The minimum atomic E-state index is -0.123. The molecular formula is C28H32N4O3. The quantitative estimate of drug-likeness (QED) is 0.348. The number of rotatable bonds is 9. The van der Waals surface area contributed by atoms with Gasteiger partial charge >= 0.3 is 0 Å². The summed E-state index contributed by atoms with van der Waals surface area (Å²) in [4.78, 5) is 15.0. The Hall–Kier alpha value is -3.42. The molecule has 1 unspecified atom stereocenters.